The molecule has 0 saturated heterocycles. The molecule has 1 N–H and O–H groups in total. The molecule has 1 unspecified atom stereocenters. The van der Waals surface area contributed by atoms with Gasteiger partial charge in [-0.3, -0.25) is 9.59 Å². The van der Waals surface area contributed by atoms with E-state index in [-0.39, 0.29) is 25.2 Å². The monoisotopic (exact) mass is 797 g/mol. The second-order valence-electron chi connectivity index (χ2n) is 16.2. The zero-order chi connectivity index (χ0) is 41.4. The maximum absolute atomic E-state index is 12.2. The van der Waals surface area contributed by atoms with Crippen LogP contribution in [0.4, 0.5) is 0 Å². The Balaban J connectivity index is 3.53. The van der Waals surface area contributed by atoms with E-state index in [1.165, 1.54) is 135 Å². The van der Waals surface area contributed by atoms with E-state index in [0.29, 0.717) is 12.8 Å². The largest absolute Gasteiger partial charge is 0.462 e. The maximum atomic E-state index is 12.2. The number of esters is 2. The SMILES string of the molecule is CC/C=C\C/C=C\C/C=C\C/C=C\C/C=C\CCCCCC(=O)OC(CO)COC(=O)CCCCCCCCCCCCCCCCCCCCCCCCCC. The summed E-state index contributed by atoms with van der Waals surface area (Å²) in [5.41, 5.74) is 0. The van der Waals surface area contributed by atoms with Crippen LogP contribution in [0.15, 0.2) is 60.8 Å². The minimum absolute atomic E-state index is 0.0788. The number of aliphatic hydroxyl groups is 1. The van der Waals surface area contributed by atoms with Crippen LogP contribution in [0.2, 0.25) is 0 Å². The number of allylic oxidation sites excluding steroid dienone is 10. The second kappa shape index (κ2) is 48.0. The molecule has 5 heteroatoms. The van der Waals surface area contributed by atoms with Gasteiger partial charge in [0.25, 0.3) is 0 Å². The summed E-state index contributed by atoms with van der Waals surface area (Å²) >= 11 is 0. The summed E-state index contributed by atoms with van der Waals surface area (Å²) in [6.45, 7) is 4.02. The van der Waals surface area contributed by atoms with Gasteiger partial charge in [0.05, 0.1) is 6.61 Å². The number of rotatable bonds is 44. The van der Waals surface area contributed by atoms with E-state index in [0.717, 1.165) is 77.0 Å². The van der Waals surface area contributed by atoms with Gasteiger partial charge in [-0.05, 0) is 57.8 Å². The van der Waals surface area contributed by atoms with E-state index >= 15 is 0 Å². The molecule has 0 spiro atoms. The Morgan fingerprint density at radius 1 is 0.421 bits per heavy atom. The summed E-state index contributed by atoms with van der Waals surface area (Å²) in [5.74, 6) is -0.622. The van der Waals surface area contributed by atoms with Crippen molar-refractivity contribution in [2.24, 2.45) is 0 Å². The zero-order valence-corrected chi connectivity index (χ0v) is 37.6. The lowest BCUT2D eigenvalue weighted by Gasteiger charge is -2.15. The smallest absolute Gasteiger partial charge is 0.306 e. The highest BCUT2D eigenvalue weighted by atomic mass is 16.6. The molecular formula is C52H92O5. The van der Waals surface area contributed by atoms with Crippen molar-refractivity contribution in [2.45, 2.75) is 245 Å². The molecule has 0 amide bonds. The quantitative estimate of drug-likeness (QED) is 0.0378. The van der Waals surface area contributed by atoms with E-state index in [2.05, 4.69) is 74.6 Å². The Hall–Kier alpha value is -2.40. The van der Waals surface area contributed by atoms with Gasteiger partial charge in [0.15, 0.2) is 6.10 Å². The van der Waals surface area contributed by atoms with Gasteiger partial charge in [-0.1, -0.05) is 229 Å². The first-order valence-corrected chi connectivity index (χ1v) is 24.3. The molecule has 5 nitrogen and oxygen atoms in total. The van der Waals surface area contributed by atoms with Crippen molar-refractivity contribution in [3.05, 3.63) is 60.8 Å². The minimum Gasteiger partial charge on any atom is -0.462 e. The molecule has 0 radical (unpaired) electrons. The molecule has 0 fully saturated rings. The molecule has 0 aromatic carbocycles. The first-order chi connectivity index (χ1) is 28.1. The summed E-state index contributed by atoms with van der Waals surface area (Å²) in [4.78, 5) is 24.4. The Morgan fingerprint density at radius 3 is 1.14 bits per heavy atom. The van der Waals surface area contributed by atoms with Crippen LogP contribution in [0.25, 0.3) is 0 Å². The standard InChI is InChI=1S/C52H92O5/c1-3-5-7-9-11-13-15-17-19-21-23-24-25-26-27-29-30-32-34-36-38-40-42-44-46-51(54)56-49-50(48-53)57-52(55)47-45-43-41-39-37-35-33-31-28-22-20-18-16-14-12-10-8-6-4-2/h6,8,12,14,18,20,28,31,35,37,50,53H,3-5,7,9-11,13,15-17,19,21-27,29-30,32-34,36,38-49H2,1-2H3/b8-6-,14-12-,20-18-,31-28-,37-35-. The van der Waals surface area contributed by atoms with Crippen LogP contribution in [0.5, 0.6) is 0 Å². The molecule has 57 heavy (non-hydrogen) atoms. The summed E-state index contributed by atoms with van der Waals surface area (Å²) in [6.07, 6.45) is 63.1. The van der Waals surface area contributed by atoms with Gasteiger partial charge in [0.2, 0.25) is 0 Å². The highest BCUT2D eigenvalue weighted by Crippen LogP contribution is 2.16. The zero-order valence-electron chi connectivity index (χ0n) is 37.6. The molecule has 0 aromatic rings. The van der Waals surface area contributed by atoms with Gasteiger partial charge in [0.1, 0.15) is 6.61 Å². The van der Waals surface area contributed by atoms with E-state index in [1.54, 1.807) is 0 Å². The van der Waals surface area contributed by atoms with Crippen LogP contribution in [0, 0.1) is 0 Å². The van der Waals surface area contributed by atoms with E-state index in [1.807, 2.05) is 0 Å². The van der Waals surface area contributed by atoms with E-state index in [9.17, 15) is 14.7 Å². The highest BCUT2D eigenvalue weighted by molar-refractivity contribution is 5.70. The first kappa shape index (κ1) is 54.6. The van der Waals surface area contributed by atoms with Crippen LogP contribution in [-0.4, -0.2) is 36.4 Å². The Labute approximate surface area is 353 Å². The fourth-order valence-corrected chi connectivity index (χ4v) is 6.94. The lowest BCUT2D eigenvalue weighted by Crippen LogP contribution is -2.28. The summed E-state index contributed by atoms with van der Waals surface area (Å²) in [5, 5.41) is 9.60. The normalized spacial score (nSPS) is 12.7. The lowest BCUT2D eigenvalue weighted by atomic mass is 10.0. The molecule has 0 rings (SSSR count). The summed E-state index contributed by atoms with van der Waals surface area (Å²) < 4.78 is 10.6. The van der Waals surface area contributed by atoms with Crippen molar-refractivity contribution in [3.63, 3.8) is 0 Å². The topological polar surface area (TPSA) is 72.8 Å². The number of hydrogen-bond donors (Lipinski definition) is 1. The first-order valence-electron chi connectivity index (χ1n) is 24.3. The van der Waals surface area contributed by atoms with Gasteiger partial charge < -0.3 is 14.6 Å². The van der Waals surface area contributed by atoms with Crippen LogP contribution >= 0.6 is 0 Å². The average Bonchev–Trinajstić information content (AvgIpc) is 3.21. The number of ether oxygens (including phenoxy) is 2. The van der Waals surface area contributed by atoms with Crippen LogP contribution in [-0.2, 0) is 19.1 Å². The van der Waals surface area contributed by atoms with Crippen molar-refractivity contribution in [2.75, 3.05) is 13.2 Å². The highest BCUT2D eigenvalue weighted by Gasteiger charge is 2.16. The molecule has 0 aliphatic carbocycles. The predicted octanol–water partition coefficient (Wildman–Crippen LogP) is 15.9. The number of unbranched alkanes of at least 4 members (excludes halogenated alkanes) is 26. The van der Waals surface area contributed by atoms with E-state index in [4.69, 9.17) is 9.47 Å². The summed E-state index contributed by atoms with van der Waals surface area (Å²) in [7, 11) is 0. The Bertz CT molecular complexity index is 992. The second-order valence-corrected chi connectivity index (χ2v) is 16.2. The fraction of sp³-hybridized carbons (Fsp3) is 0.769. The van der Waals surface area contributed by atoms with Crippen molar-refractivity contribution < 1.29 is 24.2 Å². The van der Waals surface area contributed by atoms with Crippen molar-refractivity contribution >= 4 is 11.9 Å². The van der Waals surface area contributed by atoms with Crippen molar-refractivity contribution in [3.8, 4) is 0 Å². The Kier molecular flexibility index (Phi) is 46.0. The molecule has 0 aliphatic heterocycles. The molecule has 0 bridgehead atoms. The Morgan fingerprint density at radius 2 is 0.754 bits per heavy atom. The average molecular weight is 797 g/mol. The van der Waals surface area contributed by atoms with Crippen LogP contribution in [0.3, 0.4) is 0 Å². The van der Waals surface area contributed by atoms with Crippen molar-refractivity contribution in [1.29, 1.82) is 0 Å². The lowest BCUT2D eigenvalue weighted by molar-refractivity contribution is -0.161. The number of hydrogen-bond acceptors (Lipinski definition) is 5. The molecule has 0 aliphatic rings. The molecule has 330 valence electrons. The predicted molar refractivity (Wildman–Crippen MR) is 247 cm³/mol. The van der Waals surface area contributed by atoms with Gasteiger partial charge in [-0.15, -0.1) is 0 Å². The summed E-state index contributed by atoms with van der Waals surface area (Å²) in [6, 6.07) is 0. The van der Waals surface area contributed by atoms with Crippen LogP contribution < -0.4 is 0 Å². The number of aliphatic hydroxyl groups excluding tert-OH is 1. The third-order valence-corrected chi connectivity index (χ3v) is 10.6. The third kappa shape index (κ3) is 46.2. The number of carbonyl (C=O) groups is 2. The number of carbonyl (C=O) groups excluding carboxylic acids is 2. The van der Waals surface area contributed by atoms with E-state index < -0.39 is 6.10 Å². The van der Waals surface area contributed by atoms with Gasteiger partial charge in [0, 0.05) is 12.8 Å². The van der Waals surface area contributed by atoms with Gasteiger partial charge >= 0.3 is 11.9 Å². The fourth-order valence-electron chi connectivity index (χ4n) is 6.94. The van der Waals surface area contributed by atoms with Crippen molar-refractivity contribution in [1.82, 2.24) is 0 Å². The molecular weight excluding hydrogens is 705 g/mol. The molecule has 0 heterocycles. The van der Waals surface area contributed by atoms with Gasteiger partial charge in [-0.25, -0.2) is 0 Å². The maximum Gasteiger partial charge on any atom is 0.306 e. The third-order valence-electron chi connectivity index (χ3n) is 10.6. The molecule has 0 aromatic heterocycles. The van der Waals surface area contributed by atoms with Gasteiger partial charge in [-0.2, -0.15) is 0 Å². The molecule has 1 atom stereocenters. The van der Waals surface area contributed by atoms with Crippen LogP contribution in [0.1, 0.15) is 239 Å². The minimum atomic E-state index is -0.790. The molecule has 0 saturated carbocycles.